The highest BCUT2D eigenvalue weighted by Gasteiger charge is 2.08. The van der Waals surface area contributed by atoms with Gasteiger partial charge in [0.2, 0.25) is 0 Å². The van der Waals surface area contributed by atoms with Gasteiger partial charge in [0.1, 0.15) is 0 Å². The Labute approximate surface area is 111 Å². The molecule has 98 valence electrons. The van der Waals surface area contributed by atoms with E-state index in [9.17, 15) is 4.79 Å². The monoisotopic (exact) mass is 256 g/mol. The zero-order chi connectivity index (χ0) is 14.0. The van der Waals surface area contributed by atoms with Gasteiger partial charge >= 0.3 is 5.97 Å². The summed E-state index contributed by atoms with van der Waals surface area (Å²) >= 11 is 0. The number of nitrogen functional groups attached to an aromatic ring is 1. The van der Waals surface area contributed by atoms with Crippen molar-refractivity contribution in [3.63, 3.8) is 0 Å². The van der Waals surface area contributed by atoms with Gasteiger partial charge in [0.15, 0.2) is 0 Å². The summed E-state index contributed by atoms with van der Waals surface area (Å²) in [6.45, 7) is 4.10. The summed E-state index contributed by atoms with van der Waals surface area (Å²) in [7, 11) is 0. The van der Waals surface area contributed by atoms with Gasteiger partial charge in [-0.1, -0.05) is 6.07 Å². The predicted molar refractivity (Wildman–Crippen MR) is 77.0 cm³/mol. The molecule has 4 N–H and O–H groups in total. The molecule has 0 amide bonds. The fourth-order valence-corrected chi connectivity index (χ4v) is 1.82. The second kappa shape index (κ2) is 5.02. The molecule has 19 heavy (non-hydrogen) atoms. The van der Waals surface area contributed by atoms with E-state index in [4.69, 9.17) is 10.8 Å². The van der Waals surface area contributed by atoms with Gasteiger partial charge in [-0.2, -0.15) is 0 Å². The van der Waals surface area contributed by atoms with Crippen LogP contribution in [0, 0.1) is 13.8 Å². The van der Waals surface area contributed by atoms with Gasteiger partial charge in [0.05, 0.1) is 5.56 Å². The number of aryl methyl sites for hydroxylation is 2. The Balaban J connectivity index is 2.26. The minimum absolute atomic E-state index is 0.116. The first kappa shape index (κ1) is 13.0. The average Bonchev–Trinajstić information content (AvgIpc) is 2.33. The van der Waals surface area contributed by atoms with E-state index in [2.05, 4.69) is 12.2 Å². The summed E-state index contributed by atoms with van der Waals surface area (Å²) in [5.41, 5.74) is 10.2. The van der Waals surface area contributed by atoms with Crippen LogP contribution >= 0.6 is 0 Å². The van der Waals surface area contributed by atoms with Crippen molar-refractivity contribution in [2.24, 2.45) is 0 Å². The zero-order valence-electron chi connectivity index (χ0n) is 10.9. The molecule has 0 saturated heterocycles. The van der Waals surface area contributed by atoms with Crippen LogP contribution in [0.3, 0.4) is 0 Å². The van der Waals surface area contributed by atoms with Crippen LogP contribution in [0.15, 0.2) is 36.4 Å². The molecular formula is C15H16N2O2. The molecule has 0 aliphatic rings. The molecule has 2 rings (SSSR count). The Morgan fingerprint density at radius 2 is 1.68 bits per heavy atom. The highest BCUT2D eigenvalue weighted by molar-refractivity contribution is 5.94. The largest absolute Gasteiger partial charge is 0.478 e. The summed E-state index contributed by atoms with van der Waals surface area (Å²) in [5, 5.41) is 12.1. The van der Waals surface area contributed by atoms with E-state index in [1.807, 2.05) is 25.1 Å². The lowest BCUT2D eigenvalue weighted by molar-refractivity contribution is 0.0698. The number of hydrogen-bond acceptors (Lipinski definition) is 3. The average molecular weight is 256 g/mol. The second-order valence-corrected chi connectivity index (χ2v) is 4.53. The number of benzene rings is 2. The van der Waals surface area contributed by atoms with Crippen LogP contribution in [0.4, 0.5) is 17.1 Å². The third kappa shape index (κ3) is 2.85. The SMILES string of the molecule is Cc1ccc(Nc2ccc(C(=O)O)c(N)c2)cc1C. The second-order valence-electron chi connectivity index (χ2n) is 4.53. The summed E-state index contributed by atoms with van der Waals surface area (Å²) in [6, 6.07) is 10.9. The van der Waals surface area contributed by atoms with Crippen molar-refractivity contribution in [2.75, 3.05) is 11.1 Å². The first-order valence-electron chi connectivity index (χ1n) is 5.94. The number of hydrogen-bond donors (Lipinski definition) is 3. The molecule has 0 bridgehead atoms. The molecule has 0 aliphatic heterocycles. The van der Waals surface area contributed by atoms with Crippen LogP contribution < -0.4 is 11.1 Å². The van der Waals surface area contributed by atoms with E-state index in [-0.39, 0.29) is 11.3 Å². The van der Waals surface area contributed by atoms with Crippen LogP contribution in [0.25, 0.3) is 0 Å². The molecule has 0 spiro atoms. The molecule has 0 unspecified atom stereocenters. The van der Waals surface area contributed by atoms with Gasteiger partial charge in [0.25, 0.3) is 0 Å². The Bertz CT molecular complexity index is 636. The Hall–Kier alpha value is -2.49. The van der Waals surface area contributed by atoms with E-state index >= 15 is 0 Å². The van der Waals surface area contributed by atoms with Crippen LogP contribution in [0.5, 0.6) is 0 Å². The molecule has 4 nitrogen and oxygen atoms in total. The lowest BCUT2D eigenvalue weighted by atomic mass is 10.1. The van der Waals surface area contributed by atoms with Crippen molar-refractivity contribution in [3.8, 4) is 0 Å². The number of aromatic carboxylic acids is 1. The number of nitrogens with two attached hydrogens (primary N) is 1. The first-order valence-corrected chi connectivity index (χ1v) is 5.94. The van der Waals surface area contributed by atoms with Crippen molar-refractivity contribution in [3.05, 3.63) is 53.1 Å². The van der Waals surface area contributed by atoms with Crippen molar-refractivity contribution >= 4 is 23.0 Å². The minimum Gasteiger partial charge on any atom is -0.478 e. The summed E-state index contributed by atoms with van der Waals surface area (Å²) in [4.78, 5) is 10.9. The minimum atomic E-state index is -1.02. The number of nitrogens with one attached hydrogen (secondary N) is 1. The third-order valence-electron chi connectivity index (χ3n) is 3.08. The van der Waals surface area contributed by atoms with Gasteiger partial charge in [-0.3, -0.25) is 0 Å². The molecule has 0 aliphatic carbocycles. The van der Waals surface area contributed by atoms with E-state index in [0.29, 0.717) is 0 Å². The van der Waals surface area contributed by atoms with E-state index in [1.165, 1.54) is 17.2 Å². The number of anilines is 3. The molecule has 0 radical (unpaired) electrons. The molecule has 4 heteroatoms. The number of carboxylic acid groups (broad SMARTS) is 1. The van der Waals surface area contributed by atoms with Gasteiger partial charge < -0.3 is 16.2 Å². The van der Waals surface area contributed by atoms with E-state index < -0.39 is 5.97 Å². The van der Waals surface area contributed by atoms with Crippen LogP contribution in [-0.4, -0.2) is 11.1 Å². The smallest absolute Gasteiger partial charge is 0.337 e. The van der Waals surface area contributed by atoms with E-state index in [0.717, 1.165) is 11.4 Å². The standard InChI is InChI=1S/C15H16N2O2/c1-9-3-4-11(7-10(9)2)17-12-5-6-13(15(18)19)14(16)8-12/h3-8,17H,16H2,1-2H3,(H,18,19). The topological polar surface area (TPSA) is 75.3 Å². The summed E-state index contributed by atoms with van der Waals surface area (Å²) < 4.78 is 0. The Kier molecular flexibility index (Phi) is 3.42. The third-order valence-corrected chi connectivity index (χ3v) is 3.08. The maximum absolute atomic E-state index is 10.9. The lowest BCUT2D eigenvalue weighted by Crippen LogP contribution is -2.03. The summed E-state index contributed by atoms with van der Waals surface area (Å²) in [5.74, 6) is -1.02. The van der Waals surface area contributed by atoms with Crippen molar-refractivity contribution in [1.29, 1.82) is 0 Å². The zero-order valence-corrected chi connectivity index (χ0v) is 10.9. The molecule has 0 heterocycles. The fraction of sp³-hybridized carbons (Fsp3) is 0.133. The number of carbonyl (C=O) groups is 1. The van der Waals surface area contributed by atoms with Crippen LogP contribution in [0.2, 0.25) is 0 Å². The molecule has 2 aromatic rings. The number of carboxylic acids is 1. The fourth-order valence-electron chi connectivity index (χ4n) is 1.82. The van der Waals surface area contributed by atoms with Crippen LogP contribution in [-0.2, 0) is 0 Å². The van der Waals surface area contributed by atoms with Crippen molar-refractivity contribution in [1.82, 2.24) is 0 Å². The maximum atomic E-state index is 10.9. The quantitative estimate of drug-likeness (QED) is 0.736. The van der Waals surface area contributed by atoms with Gasteiger partial charge in [0, 0.05) is 17.1 Å². The van der Waals surface area contributed by atoms with Gasteiger partial charge in [-0.05, 0) is 55.3 Å². The maximum Gasteiger partial charge on any atom is 0.337 e. The van der Waals surface area contributed by atoms with Crippen molar-refractivity contribution in [2.45, 2.75) is 13.8 Å². The molecular weight excluding hydrogens is 240 g/mol. The Morgan fingerprint density at radius 3 is 2.26 bits per heavy atom. The van der Waals surface area contributed by atoms with Crippen molar-refractivity contribution < 1.29 is 9.90 Å². The molecule has 0 atom stereocenters. The first-order chi connectivity index (χ1) is 8.97. The van der Waals surface area contributed by atoms with Gasteiger partial charge in [-0.15, -0.1) is 0 Å². The van der Waals surface area contributed by atoms with E-state index in [1.54, 1.807) is 12.1 Å². The number of rotatable bonds is 3. The summed E-state index contributed by atoms with van der Waals surface area (Å²) in [6.07, 6.45) is 0. The predicted octanol–water partition coefficient (Wildman–Crippen LogP) is 3.33. The highest BCUT2D eigenvalue weighted by Crippen LogP contribution is 2.23. The molecule has 0 fully saturated rings. The highest BCUT2D eigenvalue weighted by atomic mass is 16.4. The van der Waals surface area contributed by atoms with Crippen LogP contribution in [0.1, 0.15) is 21.5 Å². The lowest BCUT2D eigenvalue weighted by Gasteiger charge is -2.10. The molecule has 0 saturated carbocycles. The van der Waals surface area contributed by atoms with Gasteiger partial charge in [-0.25, -0.2) is 4.79 Å². The molecule has 2 aromatic carbocycles. The normalized spacial score (nSPS) is 10.2. The Morgan fingerprint density at radius 1 is 1.05 bits per heavy atom. The molecule has 0 aromatic heterocycles.